The molecule has 0 amide bonds. The number of hydrogen-bond donors (Lipinski definition) is 1. The maximum Gasteiger partial charge on any atom is 0.311 e. The van der Waals surface area contributed by atoms with E-state index in [2.05, 4.69) is 15.5 Å². The molecule has 21 heavy (non-hydrogen) atoms. The van der Waals surface area contributed by atoms with Crippen molar-refractivity contribution in [3.63, 3.8) is 0 Å². The Morgan fingerprint density at radius 2 is 2.14 bits per heavy atom. The van der Waals surface area contributed by atoms with E-state index < -0.39 is 23.0 Å². The Labute approximate surface area is 119 Å². The van der Waals surface area contributed by atoms with Crippen molar-refractivity contribution in [3.8, 4) is 11.4 Å². The predicted octanol–water partition coefficient (Wildman–Crippen LogP) is 2.12. The lowest BCUT2D eigenvalue weighted by Gasteiger charge is -2.22. The molecular formula is C13H14F2N4O2. The largest absolute Gasteiger partial charge is 0.481 e. The van der Waals surface area contributed by atoms with Crippen molar-refractivity contribution in [2.45, 2.75) is 26.8 Å². The van der Waals surface area contributed by atoms with Crippen LogP contribution in [-0.2, 0) is 11.3 Å². The number of aromatic nitrogens is 4. The molecule has 0 fully saturated rings. The number of carboxylic acids is 1. The van der Waals surface area contributed by atoms with E-state index in [9.17, 15) is 18.7 Å². The van der Waals surface area contributed by atoms with Gasteiger partial charge in [0.2, 0.25) is 0 Å². The lowest BCUT2D eigenvalue weighted by atomic mass is 9.88. The number of aliphatic carboxylic acids is 1. The molecule has 0 saturated heterocycles. The van der Waals surface area contributed by atoms with Crippen LogP contribution < -0.4 is 0 Å². The lowest BCUT2D eigenvalue weighted by molar-refractivity contribution is -0.149. The minimum atomic E-state index is -1.10. The van der Waals surface area contributed by atoms with Gasteiger partial charge < -0.3 is 5.11 Å². The molecule has 6 nitrogen and oxygen atoms in total. The van der Waals surface area contributed by atoms with E-state index in [1.807, 2.05) is 0 Å². The van der Waals surface area contributed by atoms with Crippen molar-refractivity contribution in [1.29, 1.82) is 0 Å². The summed E-state index contributed by atoms with van der Waals surface area (Å²) in [6, 6.07) is 2.93. The zero-order valence-corrected chi connectivity index (χ0v) is 11.5. The maximum atomic E-state index is 13.8. The molecule has 1 aromatic heterocycles. The lowest BCUT2D eigenvalue weighted by Crippen LogP contribution is -2.32. The number of rotatable bonds is 5. The van der Waals surface area contributed by atoms with Gasteiger partial charge in [-0.1, -0.05) is 6.92 Å². The highest BCUT2D eigenvalue weighted by molar-refractivity contribution is 5.74. The number of tetrazole rings is 1. The van der Waals surface area contributed by atoms with Crippen LogP contribution in [0.3, 0.4) is 0 Å². The van der Waals surface area contributed by atoms with Crippen LogP contribution in [-0.4, -0.2) is 31.3 Å². The number of carbonyl (C=O) groups is 1. The quantitative estimate of drug-likeness (QED) is 0.914. The van der Waals surface area contributed by atoms with E-state index in [4.69, 9.17) is 0 Å². The molecule has 1 aromatic carbocycles. The van der Waals surface area contributed by atoms with Crippen LogP contribution in [0.4, 0.5) is 8.78 Å². The summed E-state index contributed by atoms with van der Waals surface area (Å²) in [4.78, 5) is 11.3. The summed E-state index contributed by atoms with van der Waals surface area (Å²) in [6.45, 7) is 3.22. The second-order valence-electron chi connectivity index (χ2n) is 5.00. The number of hydrogen-bond acceptors (Lipinski definition) is 4. The molecule has 1 N–H and O–H groups in total. The fourth-order valence-electron chi connectivity index (χ4n) is 1.83. The number of halogens is 2. The molecule has 0 saturated carbocycles. The van der Waals surface area contributed by atoms with Crippen molar-refractivity contribution in [1.82, 2.24) is 20.2 Å². The topological polar surface area (TPSA) is 80.9 Å². The molecule has 8 heteroatoms. The Hall–Kier alpha value is -2.38. The molecule has 112 valence electrons. The van der Waals surface area contributed by atoms with E-state index in [-0.39, 0.29) is 17.9 Å². The monoisotopic (exact) mass is 296 g/mol. The van der Waals surface area contributed by atoms with Gasteiger partial charge in [-0.15, -0.1) is 5.10 Å². The van der Waals surface area contributed by atoms with Gasteiger partial charge in [0.25, 0.3) is 0 Å². The first-order chi connectivity index (χ1) is 9.87. The van der Waals surface area contributed by atoms with Crippen LogP contribution in [0, 0.1) is 17.0 Å². The van der Waals surface area contributed by atoms with Gasteiger partial charge in [0.05, 0.1) is 17.5 Å². The summed E-state index contributed by atoms with van der Waals surface area (Å²) in [6.07, 6.45) is 0.341. The first kappa shape index (κ1) is 15.0. The smallest absolute Gasteiger partial charge is 0.311 e. The van der Waals surface area contributed by atoms with E-state index >= 15 is 0 Å². The molecule has 1 heterocycles. The predicted molar refractivity (Wildman–Crippen MR) is 69.2 cm³/mol. The SMILES string of the molecule is CCC(C)(Cn1nnnc1-c1cc(F)ccc1F)C(=O)O. The Bertz CT molecular complexity index is 674. The average molecular weight is 296 g/mol. The van der Waals surface area contributed by atoms with Gasteiger partial charge in [0, 0.05) is 0 Å². The number of nitrogens with zero attached hydrogens (tertiary/aromatic N) is 4. The van der Waals surface area contributed by atoms with Gasteiger partial charge in [-0.25, -0.2) is 13.5 Å². The van der Waals surface area contributed by atoms with Crippen LogP contribution in [0.15, 0.2) is 18.2 Å². The molecule has 0 aliphatic rings. The van der Waals surface area contributed by atoms with Crippen molar-refractivity contribution < 1.29 is 18.7 Å². The fourth-order valence-corrected chi connectivity index (χ4v) is 1.83. The van der Waals surface area contributed by atoms with Crippen molar-refractivity contribution in [2.24, 2.45) is 5.41 Å². The zero-order chi connectivity index (χ0) is 15.6. The standard InChI is InChI=1S/C13H14F2N4O2/c1-3-13(2,12(20)21)7-19-11(16-17-18-19)9-6-8(14)4-5-10(9)15/h4-6H,3,7H2,1-2H3,(H,20,21). The van der Waals surface area contributed by atoms with Crippen LogP contribution >= 0.6 is 0 Å². The first-order valence-corrected chi connectivity index (χ1v) is 6.32. The number of carboxylic acid groups (broad SMARTS) is 1. The third kappa shape index (κ3) is 2.88. The van der Waals surface area contributed by atoms with Gasteiger partial charge in [-0.2, -0.15) is 0 Å². The first-order valence-electron chi connectivity index (χ1n) is 6.32. The summed E-state index contributed by atoms with van der Waals surface area (Å²) in [7, 11) is 0. The molecular weight excluding hydrogens is 282 g/mol. The summed E-state index contributed by atoms with van der Waals surface area (Å²) >= 11 is 0. The molecule has 1 atom stereocenters. The van der Waals surface area contributed by atoms with Crippen LogP contribution in [0.1, 0.15) is 20.3 Å². The van der Waals surface area contributed by atoms with Crippen LogP contribution in [0.5, 0.6) is 0 Å². The fraction of sp³-hybridized carbons (Fsp3) is 0.385. The minimum Gasteiger partial charge on any atom is -0.481 e. The molecule has 2 aromatic rings. The summed E-state index contributed by atoms with van der Waals surface area (Å²) in [5.74, 6) is -2.32. The van der Waals surface area contributed by atoms with E-state index in [1.54, 1.807) is 13.8 Å². The summed E-state index contributed by atoms with van der Waals surface area (Å²) in [5.41, 5.74) is -1.21. The minimum absolute atomic E-state index is 0.00655. The molecule has 0 spiro atoms. The third-order valence-electron chi connectivity index (χ3n) is 3.50. The Morgan fingerprint density at radius 1 is 1.43 bits per heavy atom. The van der Waals surface area contributed by atoms with E-state index in [0.29, 0.717) is 6.42 Å². The highest BCUT2D eigenvalue weighted by Gasteiger charge is 2.33. The van der Waals surface area contributed by atoms with E-state index in [0.717, 1.165) is 18.2 Å². The van der Waals surface area contributed by atoms with E-state index in [1.165, 1.54) is 4.68 Å². The highest BCUT2D eigenvalue weighted by Crippen LogP contribution is 2.27. The molecule has 0 aliphatic heterocycles. The van der Waals surface area contributed by atoms with Gasteiger partial charge in [0.15, 0.2) is 5.82 Å². The second kappa shape index (κ2) is 5.55. The Balaban J connectivity index is 2.44. The summed E-state index contributed by atoms with van der Waals surface area (Å²) in [5, 5.41) is 20.1. The number of benzene rings is 1. The molecule has 2 rings (SSSR count). The van der Waals surface area contributed by atoms with Crippen molar-refractivity contribution in [2.75, 3.05) is 0 Å². The Morgan fingerprint density at radius 3 is 2.76 bits per heavy atom. The molecule has 1 unspecified atom stereocenters. The molecule has 0 aliphatic carbocycles. The molecule has 0 bridgehead atoms. The molecule has 0 radical (unpaired) electrons. The van der Waals surface area contributed by atoms with Crippen molar-refractivity contribution in [3.05, 3.63) is 29.8 Å². The van der Waals surface area contributed by atoms with Gasteiger partial charge in [0.1, 0.15) is 11.6 Å². The normalized spacial score (nSPS) is 13.9. The van der Waals surface area contributed by atoms with Gasteiger partial charge in [-0.05, 0) is 42.0 Å². The average Bonchev–Trinajstić information content (AvgIpc) is 2.89. The van der Waals surface area contributed by atoms with Crippen LogP contribution in [0.2, 0.25) is 0 Å². The third-order valence-corrected chi connectivity index (χ3v) is 3.50. The maximum absolute atomic E-state index is 13.8. The van der Waals surface area contributed by atoms with Gasteiger partial charge >= 0.3 is 5.97 Å². The van der Waals surface area contributed by atoms with Crippen molar-refractivity contribution >= 4 is 5.97 Å². The highest BCUT2D eigenvalue weighted by atomic mass is 19.1. The second-order valence-corrected chi connectivity index (χ2v) is 5.00. The Kier molecular flexibility index (Phi) is 3.97. The zero-order valence-electron chi connectivity index (χ0n) is 11.5. The van der Waals surface area contributed by atoms with Crippen LogP contribution in [0.25, 0.3) is 11.4 Å². The van der Waals surface area contributed by atoms with Gasteiger partial charge in [-0.3, -0.25) is 4.79 Å². The summed E-state index contributed by atoms with van der Waals surface area (Å²) < 4.78 is 28.2.